The molecule has 0 radical (unpaired) electrons. The van der Waals surface area contributed by atoms with Crippen LogP contribution in [-0.2, 0) is 4.79 Å². The second kappa shape index (κ2) is 20.7. The van der Waals surface area contributed by atoms with Gasteiger partial charge < -0.3 is 40.6 Å². The molecular weight excluding hydrogens is 775 g/mol. The number of benzene rings is 4. The van der Waals surface area contributed by atoms with Crippen LogP contribution in [0.5, 0.6) is 17.2 Å². The van der Waals surface area contributed by atoms with Crippen LogP contribution in [0.15, 0.2) is 91.1 Å². The molecule has 0 spiro atoms. The van der Waals surface area contributed by atoms with Crippen LogP contribution >= 0.6 is 0 Å². The number of nitrogens with zero attached hydrogens (tertiary/aromatic N) is 1. The fourth-order valence-electron chi connectivity index (χ4n) is 6.88. The number of aromatic nitrogens is 1. The molecule has 4 aromatic carbocycles. The molecule has 6 rings (SSSR count). The first-order valence-electron chi connectivity index (χ1n) is 20.8. The lowest BCUT2D eigenvalue weighted by molar-refractivity contribution is -0.120. The van der Waals surface area contributed by atoms with Gasteiger partial charge in [0.1, 0.15) is 23.9 Å². The normalized spacial score (nSPS) is 15.0. The van der Waals surface area contributed by atoms with Crippen molar-refractivity contribution in [2.24, 2.45) is 17.8 Å². The zero-order chi connectivity index (χ0) is 43.5. The maximum absolute atomic E-state index is 13.8. The Morgan fingerprint density at radius 3 is 1.82 bits per heavy atom. The molecule has 0 saturated heterocycles. The van der Waals surface area contributed by atoms with Crippen molar-refractivity contribution in [1.82, 2.24) is 10.3 Å². The molecule has 0 bridgehead atoms. The van der Waals surface area contributed by atoms with Gasteiger partial charge in [0.15, 0.2) is 0 Å². The maximum atomic E-state index is 13.8. The van der Waals surface area contributed by atoms with Crippen molar-refractivity contribution in [2.75, 3.05) is 42.4 Å². The fourth-order valence-corrected chi connectivity index (χ4v) is 6.88. The average Bonchev–Trinajstić information content (AvgIpc) is 3.25. The van der Waals surface area contributed by atoms with E-state index in [0.29, 0.717) is 84.3 Å². The molecule has 5 N–H and O–H groups in total. The van der Waals surface area contributed by atoms with Gasteiger partial charge in [-0.2, -0.15) is 0 Å². The molecule has 1 aliphatic rings. The lowest BCUT2D eigenvalue weighted by Crippen LogP contribution is -2.39. The number of amides is 4. The van der Waals surface area contributed by atoms with Crippen molar-refractivity contribution in [3.63, 3.8) is 0 Å². The van der Waals surface area contributed by atoms with E-state index in [1.165, 1.54) is 0 Å². The molecule has 5 aromatic rings. The lowest BCUT2D eigenvalue weighted by Gasteiger charge is -2.28. The topological polar surface area (TPSA) is 177 Å². The quantitative estimate of drug-likeness (QED) is 0.0616. The average molecular weight is 830 g/mol. The van der Waals surface area contributed by atoms with Crippen molar-refractivity contribution in [1.29, 1.82) is 0 Å². The number of anilines is 3. The smallest absolute Gasteiger partial charge is 0.255 e. The molecule has 61 heavy (non-hydrogen) atoms. The summed E-state index contributed by atoms with van der Waals surface area (Å²) in [6.07, 6.45) is 4.26. The summed E-state index contributed by atoms with van der Waals surface area (Å²) >= 11 is 0. The molecule has 0 aliphatic heterocycles. The Labute approximate surface area is 356 Å². The Kier molecular flexibility index (Phi) is 14.9. The summed E-state index contributed by atoms with van der Waals surface area (Å²) in [5.74, 6) is 0.167. The van der Waals surface area contributed by atoms with Gasteiger partial charge in [-0.1, -0.05) is 52.0 Å². The fraction of sp³-hybridized carbons (Fsp3) is 0.354. The minimum absolute atomic E-state index is 0.0488. The third-order valence-corrected chi connectivity index (χ3v) is 10.2. The van der Waals surface area contributed by atoms with Crippen molar-refractivity contribution >= 4 is 51.6 Å². The SMILES string of the molecule is Cc1ccc(C(=O)Nc2ccc(C(=O)Nc3ccc(C(=O)N[C@H]4CC[C@H](C(=O)Nc5cnc6ccccc6c5)CC4)cc3OCC(C)C)cc2OCC(C)C)cc1OCCO. The molecule has 1 fully saturated rings. The van der Waals surface area contributed by atoms with Gasteiger partial charge in [-0.3, -0.25) is 24.2 Å². The lowest BCUT2D eigenvalue weighted by atomic mass is 9.85. The van der Waals surface area contributed by atoms with E-state index in [1.807, 2.05) is 65.0 Å². The first-order valence-corrected chi connectivity index (χ1v) is 20.8. The maximum Gasteiger partial charge on any atom is 0.255 e. The Bertz CT molecular complexity index is 2350. The highest BCUT2D eigenvalue weighted by molar-refractivity contribution is 6.08. The van der Waals surface area contributed by atoms with Crippen LogP contribution in [0.2, 0.25) is 0 Å². The number of ether oxygens (including phenoxy) is 3. The second-order valence-corrected chi connectivity index (χ2v) is 16.2. The van der Waals surface area contributed by atoms with Gasteiger partial charge in [-0.25, -0.2) is 0 Å². The number of rotatable bonds is 17. The van der Waals surface area contributed by atoms with Crippen molar-refractivity contribution < 1.29 is 38.5 Å². The molecule has 13 heteroatoms. The van der Waals surface area contributed by atoms with Gasteiger partial charge in [0, 0.05) is 34.0 Å². The molecule has 4 amide bonds. The number of aryl methyl sites for hydroxylation is 1. The summed E-state index contributed by atoms with van der Waals surface area (Å²) in [4.78, 5) is 58.2. The zero-order valence-electron chi connectivity index (χ0n) is 35.4. The second-order valence-electron chi connectivity index (χ2n) is 16.2. The van der Waals surface area contributed by atoms with Gasteiger partial charge in [0.05, 0.1) is 48.6 Å². The minimum atomic E-state index is -0.444. The first-order chi connectivity index (χ1) is 29.4. The van der Waals surface area contributed by atoms with Crippen molar-refractivity contribution in [3.8, 4) is 17.2 Å². The van der Waals surface area contributed by atoms with Crippen LogP contribution in [0.3, 0.4) is 0 Å². The van der Waals surface area contributed by atoms with Gasteiger partial charge in [0.25, 0.3) is 17.7 Å². The van der Waals surface area contributed by atoms with E-state index in [-0.39, 0.29) is 54.4 Å². The predicted molar refractivity (Wildman–Crippen MR) is 237 cm³/mol. The van der Waals surface area contributed by atoms with Gasteiger partial charge >= 0.3 is 0 Å². The molecule has 1 aromatic heterocycles. The number of aliphatic hydroxyl groups excluding tert-OH is 1. The van der Waals surface area contributed by atoms with Crippen LogP contribution in [0.4, 0.5) is 17.1 Å². The highest BCUT2D eigenvalue weighted by atomic mass is 16.5. The summed E-state index contributed by atoms with van der Waals surface area (Å²) in [5.41, 5.74) is 4.13. The minimum Gasteiger partial charge on any atom is -0.491 e. The Morgan fingerprint density at radius 2 is 1.23 bits per heavy atom. The van der Waals surface area contributed by atoms with E-state index in [0.717, 1.165) is 16.5 Å². The number of fused-ring (bicyclic) bond motifs is 1. The van der Waals surface area contributed by atoms with Gasteiger partial charge in [0.2, 0.25) is 5.91 Å². The summed E-state index contributed by atoms with van der Waals surface area (Å²) in [6.45, 7) is 10.5. The Morgan fingerprint density at radius 1 is 0.672 bits per heavy atom. The highest BCUT2D eigenvalue weighted by Crippen LogP contribution is 2.32. The monoisotopic (exact) mass is 829 g/mol. The summed E-state index contributed by atoms with van der Waals surface area (Å²) in [6, 6.07) is 24.3. The Hall–Kier alpha value is -6.47. The summed E-state index contributed by atoms with van der Waals surface area (Å²) in [7, 11) is 0. The number of hydrogen-bond acceptors (Lipinski definition) is 9. The van der Waals surface area contributed by atoms with E-state index >= 15 is 0 Å². The summed E-state index contributed by atoms with van der Waals surface area (Å²) in [5, 5.41) is 22.1. The standard InChI is InChI=1S/C48H55N5O8/c1-29(2)27-60-43-24-35(46(56)50-37-16-12-32(13-17-37)45(55)51-38-22-33-8-6-7-9-39(33)49-26-38)14-18-40(43)53-48(58)36-15-19-41(44(25-36)61-28-30(3)4)52-47(57)34-11-10-31(5)42(23-34)59-21-20-54/h6-11,14-15,18-19,22-26,29-30,32,37,54H,12-13,16-17,20-21,27-28H2,1-5H3,(H,50,56)(H,51,55)(H,52,57)(H,53,58)/t32-,37-. The third kappa shape index (κ3) is 12.1. The van der Waals surface area contributed by atoms with Gasteiger partial charge in [-0.05, 0) is 111 Å². The molecule has 13 nitrogen and oxygen atoms in total. The number of pyridine rings is 1. The van der Waals surface area contributed by atoms with Crippen LogP contribution in [0.25, 0.3) is 10.9 Å². The van der Waals surface area contributed by atoms with E-state index in [4.69, 9.17) is 14.2 Å². The van der Waals surface area contributed by atoms with E-state index in [1.54, 1.807) is 60.8 Å². The summed E-state index contributed by atoms with van der Waals surface area (Å²) < 4.78 is 17.8. The molecule has 1 saturated carbocycles. The molecule has 0 atom stereocenters. The number of para-hydroxylation sites is 1. The molecule has 0 unspecified atom stereocenters. The van der Waals surface area contributed by atoms with Crippen molar-refractivity contribution in [2.45, 2.75) is 66.3 Å². The predicted octanol–water partition coefficient (Wildman–Crippen LogP) is 8.42. The number of aliphatic hydroxyl groups is 1. The Balaban J connectivity index is 1.10. The van der Waals surface area contributed by atoms with Crippen LogP contribution in [0, 0.1) is 24.7 Å². The molecule has 320 valence electrons. The molecule has 1 aliphatic carbocycles. The number of carbonyl (C=O) groups excluding carboxylic acids is 4. The van der Waals surface area contributed by atoms with E-state index in [9.17, 15) is 24.3 Å². The number of nitrogens with one attached hydrogen (secondary N) is 4. The van der Waals surface area contributed by atoms with Crippen LogP contribution in [0.1, 0.15) is 90.0 Å². The van der Waals surface area contributed by atoms with E-state index < -0.39 is 11.8 Å². The molecular formula is C48H55N5O8. The van der Waals surface area contributed by atoms with Crippen molar-refractivity contribution in [3.05, 3.63) is 113 Å². The number of carbonyl (C=O) groups is 4. The van der Waals surface area contributed by atoms with Crippen LogP contribution in [-0.4, -0.2) is 66.2 Å². The van der Waals surface area contributed by atoms with Crippen LogP contribution < -0.4 is 35.5 Å². The zero-order valence-corrected chi connectivity index (χ0v) is 35.4. The highest BCUT2D eigenvalue weighted by Gasteiger charge is 2.28. The first kappa shape index (κ1) is 44.1. The van der Waals surface area contributed by atoms with E-state index in [2.05, 4.69) is 26.3 Å². The van der Waals surface area contributed by atoms with Gasteiger partial charge in [-0.15, -0.1) is 0 Å². The number of hydrogen-bond donors (Lipinski definition) is 5. The third-order valence-electron chi connectivity index (χ3n) is 10.2. The largest absolute Gasteiger partial charge is 0.491 e. The molecule has 1 heterocycles.